The molecule has 0 bridgehead atoms. The maximum absolute atomic E-state index is 11.9. The lowest BCUT2D eigenvalue weighted by Gasteiger charge is -2.08. The Kier molecular flexibility index (Phi) is 4.60. The summed E-state index contributed by atoms with van der Waals surface area (Å²) in [5.74, 6) is 0.131. The zero-order chi connectivity index (χ0) is 14.4. The maximum Gasteiger partial charge on any atom is 0.255 e. The fraction of sp³-hybridized carbons (Fsp3) is 0.286. The van der Waals surface area contributed by atoms with Gasteiger partial charge in [0, 0.05) is 31.5 Å². The van der Waals surface area contributed by atoms with E-state index in [1.165, 1.54) is 13.2 Å². The van der Waals surface area contributed by atoms with Crippen molar-refractivity contribution in [2.75, 3.05) is 13.7 Å². The van der Waals surface area contributed by atoms with Gasteiger partial charge in [0.15, 0.2) is 0 Å². The van der Waals surface area contributed by atoms with Crippen molar-refractivity contribution in [1.82, 2.24) is 14.9 Å². The molecule has 0 aliphatic heterocycles. The highest BCUT2D eigenvalue weighted by Gasteiger charge is 2.11. The van der Waals surface area contributed by atoms with E-state index in [1.807, 2.05) is 10.8 Å². The van der Waals surface area contributed by atoms with E-state index in [0.29, 0.717) is 12.3 Å². The Morgan fingerprint density at radius 3 is 3.00 bits per heavy atom. The average molecular weight is 275 g/mol. The standard InChI is InChI=1S/C14H17N3O3/c1-20-11-3-4-12(13(18)9-11)14(19)16-5-2-7-17-8-6-15-10-17/h3-4,6,8-10,18H,2,5,7H2,1H3,(H,16,19). The van der Waals surface area contributed by atoms with E-state index in [4.69, 9.17) is 4.74 Å². The van der Waals surface area contributed by atoms with Gasteiger partial charge in [-0.05, 0) is 18.6 Å². The highest BCUT2D eigenvalue weighted by molar-refractivity contribution is 5.96. The number of aromatic hydroxyl groups is 1. The number of phenols is 1. The van der Waals surface area contributed by atoms with Gasteiger partial charge in [0.25, 0.3) is 5.91 Å². The maximum atomic E-state index is 11.9. The number of ether oxygens (including phenoxy) is 1. The number of aryl methyl sites for hydroxylation is 1. The van der Waals surface area contributed by atoms with Crippen LogP contribution in [0.4, 0.5) is 0 Å². The summed E-state index contributed by atoms with van der Waals surface area (Å²) in [6.45, 7) is 1.32. The molecule has 0 fully saturated rings. The summed E-state index contributed by atoms with van der Waals surface area (Å²) < 4.78 is 6.91. The van der Waals surface area contributed by atoms with Crippen LogP contribution in [-0.2, 0) is 6.54 Å². The molecule has 6 heteroatoms. The van der Waals surface area contributed by atoms with Crippen molar-refractivity contribution in [2.24, 2.45) is 0 Å². The first kappa shape index (κ1) is 13.9. The Labute approximate surface area is 117 Å². The fourth-order valence-electron chi connectivity index (χ4n) is 1.81. The predicted octanol–water partition coefficient (Wildman–Crippen LogP) is 1.42. The third-order valence-corrected chi connectivity index (χ3v) is 2.89. The molecule has 0 aliphatic carbocycles. The molecule has 2 N–H and O–H groups in total. The quantitative estimate of drug-likeness (QED) is 0.782. The second kappa shape index (κ2) is 6.60. The van der Waals surface area contributed by atoms with Crippen LogP contribution >= 0.6 is 0 Å². The third-order valence-electron chi connectivity index (χ3n) is 2.89. The fourth-order valence-corrected chi connectivity index (χ4v) is 1.81. The van der Waals surface area contributed by atoms with Crippen LogP contribution in [0.15, 0.2) is 36.9 Å². The van der Waals surface area contributed by atoms with Crippen molar-refractivity contribution in [1.29, 1.82) is 0 Å². The van der Waals surface area contributed by atoms with Gasteiger partial charge in [0.05, 0.1) is 19.0 Å². The molecule has 2 rings (SSSR count). The first-order valence-corrected chi connectivity index (χ1v) is 6.31. The van der Waals surface area contributed by atoms with Crippen molar-refractivity contribution >= 4 is 5.91 Å². The topological polar surface area (TPSA) is 76.4 Å². The number of aromatic nitrogens is 2. The van der Waals surface area contributed by atoms with E-state index < -0.39 is 0 Å². The van der Waals surface area contributed by atoms with Gasteiger partial charge in [0.1, 0.15) is 11.5 Å². The first-order valence-electron chi connectivity index (χ1n) is 6.31. The van der Waals surface area contributed by atoms with Crippen LogP contribution in [0.2, 0.25) is 0 Å². The van der Waals surface area contributed by atoms with E-state index >= 15 is 0 Å². The lowest BCUT2D eigenvalue weighted by atomic mass is 10.2. The Balaban J connectivity index is 1.82. The normalized spacial score (nSPS) is 10.2. The van der Waals surface area contributed by atoms with Gasteiger partial charge in [-0.3, -0.25) is 4.79 Å². The lowest BCUT2D eigenvalue weighted by molar-refractivity contribution is 0.0950. The average Bonchev–Trinajstić information content (AvgIpc) is 2.96. The molecule has 0 aliphatic rings. The van der Waals surface area contributed by atoms with Gasteiger partial charge in [-0.1, -0.05) is 0 Å². The molecule has 0 atom stereocenters. The number of imidazole rings is 1. The molecule has 0 spiro atoms. The summed E-state index contributed by atoms with van der Waals surface area (Å²) in [6, 6.07) is 4.60. The molecule has 0 saturated heterocycles. The smallest absolute Gasteiger partial charge is 0.255 e. The molecule has 0 saturated carbocycles. The molecule has 106 valence electrons. The number of carbonyl (C=O) groups excluding carboxylic acids is 1. The number of nitrogens with one attached hydrogen (secondary N) is 1. The number of hydrogen-bond acceptors (Lipinski definition) is 4. The van der Waals surface area contributed by atoms with Crippen molar-refractivity contribution < 1.29 is 14.6 Å². The second-order valence-corrected chi connectivity index (χ2v) is 4.29. The van der Waals surface area contributed by atoms with Crippen molar-refractivity contribution in [3.63, 3.8) is 0 Å². The number of carbonyl (C=O) groups is 1. The zero-order valence-corrected chi connectivity index (χ0v) is 11.2. The van der Waals surface area contributed by atoms with Crippen LogP contribution in [-0.4, -0.2) is 34.2 Å². The zero-order valence-electron chi connectivity index (χ0n) is 11.2. The van der Waals surface area contributed by atoms with Crippen LogP contribution in [0.3, 0.4) is 0 Å². The number of rotatable bonds is 6. The first-order chi connectivity index (χ1) is 9.70. The summed E-state index contributed by atoms with van der Waals surface area (Å²) in [5, 5.41) is 12.5. The minimum absolute atomic E-state index is 0.0866. The van der Waals surface area contributed by atoms with Gasteiger partial charge in [-0.25, -0.2) is 4.98 Å². The van der Waals surface area contributed by atoms with Crippen LogP contribution in [0.1, 0.15) is 16.8 Å². The number of amides is 1. The molecular formula is C14H17N3O3. The lowest BCUT2D eigenvalue weighted by Crippen LogP contribution is -2.25. The molecule has 1 aromatic heterocycles. The minimum Gasteiger partial charge on any atom is -0.507 e. The Morgan fingerprint density at radius 2 is 2.35 bits per heavy atom. The molecule has 1 amide bonds. The van der Waals surface area contributed by atoms with Crippen LogP contribution in [0.5, 0.6) is 11.5 Å². The van der Waals surface area contributed by atoms with Crippen LogP contribution < -0.4 is 10.1 Å². The summed E-state index contributed by atoms with van der Waals surface area (Å²) in [7, 11) is 1.50. The van der Waals surface area contributed by atoms with E-state index in [-0.39, 0.29) is 17.2 Å². The van der Waals surface area contributed by atoms with Gasteiger partial charge in [-0.2, -0.15) is 0 Å². The summed E-state index contributed by atoms with van der Waals surface area (Å²) >= 11 is 0. The molecule has 1 heterocycles. The highest BCUT2D eigenvalue weighted by atomic mass is 16.5. The van der Waals surface area contributed by atoms with E-state index in [0.717, 1.165) is 13.0 Å². The molecule has 0 radical (unpaired) electrons. The molecule has 20 heavy (non-hydrogen) atoms. The largest absolute Gasteiger partial charge is 0.507 e. The third kappa shape index (κ3) is 3.50. The van der Waals surface area contributed by atoms with Crippen molar-refractivity contribution in [3.8, 4) is 11.5 Å². The number of phenolic OH excluding ortho intramolecular Hbond substituents is 1. The minimum atomic E-state index is -0.296. The van der Waals surface area contributed by atoms with Gasteiger partial charge < -0.3 is 19.7 Å². The highest BCUT2D eigenvalue weighted by Crippen LogP contribution is 2.23. The monoisotopic (exact) mass is 275 g/mol. The molecule has 6 nitrogen and oxygen atoms in total. The molecule has 1 aromatic carbocycles. The Morgan fingerprint density at radius 1 is 1.50 bits per heavy atom. The van der Waals surface area contributed by atoms with Crippen LogP contribution in [0, 0.1) is 0 Å². The number of nitrogens with zero attached hydrogens (tertiary/aromatic N) is 2. The van der Waals surface area contributed by atoms with Gasteiger partial charge >= 0.3 is 0 Å². The second-order valence-electron chi connectivity index (χ2n) is 4.29. The molecule has 0 unspecified atom stereocenters. The van der Waals surface area contributed by atoms with E-state index in [9.17, 15) is 9.90 Å². The van der Waals surface area contributed by atoms with Crippen molar-refractivity contribution in [3.05, 3.63) is 42.5 Å². The van der Waals surface area contributed by atoms with E-state index in [2.05, 4.69) is 10.3 Å². The SMILES string of the molecule is COc1ccc(C(=O)NCCCn2ccnc2)c(O)c1. The molecular weight excluding hydrogens is 258 g/mol. The summed E-state index contributed by atoms with van der Waals surface area (Å²) in [6.07, 6.45) is 6.11. The summed E-state index contributed by atoms with van der Waals surface area (Å²) in [4.78, 5) is 15.8. The van der Waals surface area contributed by atoms with E-state index in [1.54, 1.807) is 24.7 Å². The van der Waals surface area contributed by atoms with Crippen molar-refractivity contribution in [2.45, 2.75) is 13.0 Å². The Bertz CT molecular complexity index is 567. The summed E-state index contributed by atoms with van der Waals surface area (Å²) in [5.41, 5.74) is 0.244. The number of methoxy groups -OCH3 is 1. The molecule has 2 aromatic rings. The van der Waals surface area contributed by atoms with Gasteiger partial charge in [0.2, 0.25) is 0 Å². The predicted molar refractivity (Wildman–Crippen MR) is 73.8 cm³/mol. The van der Waals surface area contributed by atoms with Crippen LogP contribution in [0.25, 0.3) is 0 Å². The number of benzene rings is 1. The number of hydrogen-bond donors (Lipinski definition) is 2. The Hall–Kier alpha value is -2.50. The van der Waals surface area contributed by atoms with Gasteiger partial charge in [-0.15, -0.1) is 0 Å².